The minimum Gasteiger partial charge on any atom is -0.483 e. The monoisotopic (exact) mass is 293 g/mol. The summed E-state index contributed by atoms with van der Waals surface area (Å²) in [6.07, 6.45) is 1.99. The van der Waals surface area contributed by atoms with E-state index in [1.807, 2.05) is 0 Å². The summed E-state index contributed by atoms with van der Waals surface area (Å²) in [5.41, 5.74) is -0.0477. The summed E-state index contributed by atoms with van der Waals surface area (Å²) in [7, 11) is 0. The van der Waals surface area contributed by atoms with Gasteiger partial charge >= 0.3 is 5.97 Å². The predicted molar refractivity (Wildman–Crippen MR) is 70.8 cm³/mol. The van der Waals surface area contributed by atoms with Crippen LogP contribution in [0.25, 0.3) is 0 Å². The van der Waals surface area contributed by atoms with Crippen LogP contribution in [0, 0.1) is 0 Å². The summed E-state index contributed by atoms with van der Waals surface area (Å²) in [6, 6.07) is 2.80. The number of fused-ring (bicyclic) bond motifs is 1. The number of carboxylic acids is 1. The van der Waals surface area contributed by atoms with E-state index in [0.717, 1.165) is 25.9 Å². The van der Waals surface area contributed by atoms with Crippen molar-refractivity contribution >= 4 is 11.9 Å². The fourth-order valence-electron chi connectivity index (χ4n) is 2.41. The maximum absolute atomic E-state index is 11.9. The highest BCUT2D eigenvalue weighted by molar-refractivity contribution is 5.92. The SMILES string of the molecule is O=C(O)c1cc2c(cc1OCC(=O)N1CCCC1)OCO2. The van der Waals surface area contributed by atoms with Gasteiger partial charge in [0.1, 0.15) is 11.3 Å². The second-order valence-electron chi connectivity index (χ2n) is 4.88. The molecule has 2 aliphatic rings. The number of rotatable bonds is 4. The van der Waals surface area contributed by atoms with Crippen molar-refractivity contribution in [3.8, 4) is 17.2 Å². The van der Waals surface area contributed by atoms with Crippen LogP contribution in [-0.4, -0.2) is 48.4 Å². The Morgan fingerprint density at radius 1 is 1.19 bits per heavy atom. The first kappa shape index (κ1) is 13.5. The van der Waals surface area contributed by atoms with Gasteiger partial charge in [-0.15, -0.1) is 0 Å². The lowest BCUT2D eigenvalue weighted by Gasteiger charge is -2.16. The molecule has 1 aromatic rings. The average Bonchev–Trinajstić information content (AvgIpc) is 3.13. The molecule has 7 nitrogen and oxygen atoms in total. The number of nitrogens with zero attached hydrogens (tertiary/aromatic N) is 1. The van der Waals surface area contributed by atoms with Gasteiger partial charge in [-0.25, -0.2) is 4.79 Å². The first-order valence-corrected chi connectivity index (χ1v) is 6.72. The summed E-state index contributed by atoms with van der Waals surface area (Å²) < 4.78 is 15.7. The maximum atomic E-state index is 11.9. The molecule has 1 N–H and O–H groups in total. The summed E-state index contributed by atoms with van der Waals surface area (Å²) in [6.45, 7) is 1.33. The van der Waals surface area contributed by atoms with E-state index in [4.69, 9.17) is 14.2 Å². The van der Waals surface area contributed by atoms with Crippen LogP contribution in [0.1, 0.15) is 23.2 Å². The van der Waals surface area contributed by atoms with Crippen molar-refractivity contribution in [2.45, 2.75) is 12.8 Å². The first-order valence-electron chi connectivity index (χ1n) is 6.72. The molecule has 112 valence electrons. The molecule has 0 aliphatic carbocycles. The Balaban J connectivity index is 1.74. The van der Waals surface area contributed by atoms with E-state index in [2.05, 4.69) is 0 Å². The van der Waals surface area contributed by atoms with Gasteiger partial charge in [0.2, 0.25) is 6.79 Å². The van der Waals surface area contributed by atoms with E-state index < -0.39 is 5.97 Å². The number of carbonyl (C=O) groups is 2. The predicted octanol–water partition coefficient (Wildman–Crippen LogP) is 1.11. The smallest absolute Gasteiger partial charge is 0.339 e. The lowest BCUT2D eigenvalue weighted by Crippen LogP contribution is -2.32. The Kier molecular flexibility index (Phi) is 3.55. The summed E-state index contributed by atoms with van der Waals surface area (Å²) in [5.74, 6) is -0.382. The van der Waals surface area contributed by atoms with E-state index in [9.17, 15) is 14.7 Å². The number of carboxylic acid groups (broad SMARTS) is 1. The topological polar surface area (TPSA) is 85.3 Å². The molecule has 1 fully saturated rings. The third-order valence-corrected chi connectivity index (χ3v) is 3.52. The Morgan fingerprint density at radius 3 is 2.52 bits per heavy atom. The summed E-state index contributed by atoms with van der Waals surface area (Å²) in [4.78, 5) is 24.9. The molecule has 0 spiro atoms. The van der Waals surface area contributed by atoms with E-state index >= 15 is 0 Å². The molecule has 1 saturated heterocycles. The number of benzene rings is 1. The Bertz CT molecular complexity index is 579. The van der Waals surface area contributed by atoms with Crippen LogP contribution in [0.3, 0.4) is 0 Å². The number of ether oxygens (including phenoxy) is 3. The second-order valence-corrected chi connectivity index (χ2v) is 4.88. The van der Waals surface area contributed by atoms with Crippen molar-refractivity contribution in [3.05, 3.63) is 17.7 Å². The van der Waals surface area contributed by atoms with Crippen molar-refractivity contribution < 1.29 is 28.9 Å². The van der Waals surface area contributed by atoms with Crippen molar-refractivity contribution in [2.75, 3.05) is 26.5 Å². The maximum Gasteiger partial charge on any atom is 0.339 e. The highest BCUT2D eigenvalue weighted by atomic mass is 16.7. The van der Waals surface area contributed by atoms with Crippen molar-refractivity contribution in [1.29, 1.82) is 0 Å². The van der Waals surface area contributed by atoms with Crippen molar-refractivity contribution in [3.63, 3.8) is 0 Å². The largest absolute Gasteiger partial charge is 0.483 e. The molecule has 0 bridgehead atoms. The molecule has 7 heteroatoms. The van der Waals surface area contributed by atoms with E-state index in [1.165, 1.54) is 12.1 Å². The third-order valence-electron chi connectivity index (χ3n) is 3.52. The van der Waals surface area contributed by atoms with E-state index in [1.54, 1.807) is 4.90 Å². The van der Waals surface area contributed by atoms with Crippen molar-refractivity contribution in [2.24, 2.45) is 0 Å². The van der Waals surface area contributed by atoms with Gasteiger partial charge in [-0.05, 0) is 12.8 Å². The lowest BCUT2D eigenvalue weighted by molar-refractivity contribution is -0.132. The fraction of sp³-hybridized carbons (Fsp3) is 0.429. The van der Waals surface area contributed by atoms with E-state index in [0.29, 0.717) is 11.5 Å². The summed E-state index contributed by atoms with van der Waals surface area (Å²) in [5, 5.41) is 9.20. The number of likely N-dealkylation sites (tertiary alicyclic amines) is 1. The zero-order chi connectivity index (χ0) is 14.8. The quantitative estimate of drug-likeness (QED) is 0.895. The lowest BCUT2D eigenvalue weighted by atomic mass is 10.2. The number of hydrogen-bond donors (Lipinski definition) is 1. The minimum absolute atomic E-state index is 0.0462. The minimum atomic E-state index is -1.14. The number of aromatic carboxylic acids is 1. The first-order chi connectivity index (χ1) is 10.1. The van der Waals surface area contributed by atoms with Gasteiger partial charge in [0.25, 0.3) is 5.91 Å². The molecule has 0 saturated carbocycles. The van der Waals surface area contributed by atoms with Gasteiger partial charge in [0, 0.05) is 25.2 Å². The summed E-state index contributed by atoms with van der Waals surface area (Å²) >= 11 is 0. The van der Waals surface area contributed by atoms with Gasteiger partial charge in [-0.3, -0.25) is 4.79 Å². The molecule has 1 aromatic carbocycles. The van der Waals surface area contributed by atoms with Gasteiger partial charge < -0.3 is 24.2 Å². The molecule has 0 unspecified atom stereocenters. The molecule has 2 aliphatic heterocycles. The third kappa shape index (κ3) is 2.72. The number of amides is 1. The molecular weight excluding hydrogens is 278 g/mol. The Morgan fingerprint density at radius 2 is 1.86 bits per heavy atom. The average molecular weight is 293 g/mol. The molecule has 0 aromatic heterocycles. The highest BCUT2D eigenvalue weighted by Gasteiger charge is 2.23. The van der Waals surface area contributed by atoms with E-state index in [-0.39, 0.29) is 30.6 Å². The molecule has 0 atom stereocenters. The van der Waals surface area contributed by atoms with Gasteiger partial charge in [-0.2, -0.15) is 0 Å². The zero-order valence-electron chi connectivity index (χ0n) is 11.3. The standard InChI is InChI=1S/C14H15NO6/c16-13(15-3-1-2-4-15)7-19-10-6-12-11(20-8-21-12)5-9(10)14(17)18/h5-6H,1-4,7-8H2,(H,17,18). The highest BCUT2D eigenvalue weighted by Crippen LogP contribution is 2.38. The van der Waals surface area contributed by atoms with Crippen LogP contribution in [0.5, 0.6) is 17.2 Å². The fourth-order valence-corrected chi connectivity index (χ4v) is 2.41. The molecule has 0 radical (unpaired) electrons. The van der Waals surface area contributed by atoms with Gasteiger partial charge in [-0.1, -0.05) is 0 Å². The Hall–Kier alpha value is -2.44. The number of carbonyl (C=O) groups excluding carboxylic acids is 1. The zero-order valence-corrected chi connectivity index (χ0v) is 11.3. The molecule has 2 heterocycles. The van der Waals surface area contributed by atoms with Crippen LogP contribution >= 0.6 is 0 Å². The van der Waals surface area contributed by atoms with Gasteiger partial charge in [0.05, 0.1) is 0 Å². The van der Waals surface area contributed by atoms with Crippen LogP contribution in [0.4, 0.5) is 0 Å². The van der Waals surface area contributed by atoms with Crippen LogP contribution < -0.4 is 14.2 Å². The van der Waals surface area contributed by atoms with Gasteiger partial charge in [0.15, 0.2) is 18.1 Å². The van der Waals surface area contributed by atoms with Crippen LogP contribution in [0.2, 0.25) is 0 Å². The number of hydrogen-bond acceptors (Lipinski definition) is 5. The Labute approximate surface area is 121 Å². The van der Waals surface area contributed by atoms with Crippen molar-refractivity contribution in [1.82, 2.24) is 4.90 Å². The normalized spacial score (nSPS) is 16.1. The second kappa shape index (κ2) is 5.51. The molecular formula is C14H15NO6. The molecule has 3 rings (SSSR count). The molecule has 1 amide bonds. The van der Waals surface area contributed by atoms with Crippen LogP contribution in [-0.2, 0) is 4.79 Å². The molecule has 21 heavy (non-hydrogen) atoms. The van der Waals surface area contributed by atoms with Crippen LogP contribution in [0.15, 0.2) is 12.1 Å².